The number of hydrogen-bond acceptors (Lipinski definition) is 8. The highest BCUT2D eigenvalue weighted by atomic mass is 16.5. The van der Waals surface area contributed by atoms with E-state index in [1.807, 2.05) is 31.2 Å². The van der Waals surface area contributed by atoms with Gasteiger partial charge in [-0.2, -0.15) is 4.98 Å². The van der Waals surface area contributed by atoms with Crippen LogP contribution in [0.1, 0.15) is 23.6 Å². The molecule has 0 radical (unpaired) electrons. The van der Waals surface area contributed by atoms with Crippen molar-refractivity contribution >= 4 is 29.2 Å². The van der Waals surface area contributed by atoms with E-state index in [1.54, 1.807) is 14.2 Å². The zero-order chi connectivity index (χ0) is 22.7. The number of fused-ring (bicyclic) bond motifs is 1. The molecule has 1 amide bonds. The van der Waals surface area contributed by atoms with Crippen molar-refractivity contribution in [1.29, 1.82) is 0 Å². The minimum absolute atomic E-state index is 0.118. The lowest BCUT2D eigenvalue weighted by Crippen LogP contribution is -2.32. The van der Waals surface area contributed by atoms with Gasteiger partial charge in [-0.3, -0.25) is 4.79 Å². The molecule has 4 rings (SSSR count). The van der Waals surface area contributed by atoms with Gasteiger partial charge in [-0.25, -0.2) is 9.97 Å². The van der Waals surface area contributed by atoms with Gasteiger partial charge in [0.15, 0.2) is 11.5 Å². The first-order valence-electron chi connectivity index (χ1n) is 10.3. The van der Waals surface area contributed by atoms with E-state index in [2.05, 4.69) is 36.6 Å². The fourth-order valence-corrected chi connectivity index (χ4v) is 3.87. The minimum Gasteiger partial charge on any atom is -0.493 e. The van der Waals surface area contributed by atoms with Crippen LogP contribution in [0.4, 0.5) is 23.3 Å². The predicted molar refractivity (Wildman–Crippen MR) is 123 cm³/mol. The molecule has 3 aromatic rings. The Kier molecular flexibility index (Phi) is 6.07. The van der Waals surface area contributed by atoms with E-state index in [1.165, 1.54) is 13.3 Å². The van der Waals surface area contributed by atoms with E-state index in [0.717, 1.165) is 52.5 Å². The number of carbonyl (C=O) groups is 1. The number of nitrogens with zero attached hydrogens (tertiary/aromatic N) is 4. The molecule has 0 aliphatic carbocycles. The zero-order valence-corrected chi connectivity index (χ0v) is 18.6. The predicted octanol–water partition coefficient (Wildman–Crippen LogP) is 3.46. The maximum Gasteiger partial charge on any atom is 0.232 e. The minimum atomic E-state index is -0.118. The van der Waals surface area contributed by atoms with Gasteiger partial charge in [-0.1, -0.05) is 12.1 Å². The Balaban J connectivity index is 1.55. The first-order valence-corrected chi connectivity index (χ1v) is 10.3. The summed E-state index contributed by atoms with van der Waals surface area (Å²) >= 11 is 0. The van der Waals surface area contributed by atoms with Crippen molar-refractivity contribution in [2.45, 2.75) is 26.8 Å². The van der Waals surface area contributed by atoms with Crippen LogP contribution in [0.2, 0.25) is 0 Å². The van der Waals surface area contributed by atoms with Gasteiger partial charge in [-0.15, -0.1) is 0 Å². The van der Waals surface area contributed by atoms with Crippen LogP contribution in [0.3, 0.4) is 0 Å². The monoisotopic (exact) mass is 434 g/mol. The lowest BCUT2D eigenvalue weighted by Gasteiger charge is -2.30. The molecule has 0 bridgehead atoms. The topological polar surface area (TPSA) is 102 Å². The molecule has 1 aliphatic rings. The molecule has 9 nitrogen and oxygen atoms in total. The summed E-state index contributed by atoms with van der Waals surface area (Å²) in [4.78, 5) is 26.8. The number of benzene rings is 2. The maximum absolute atomic E-state index is 11.4. The van der Waals surface area contributed by atoms with Gasteiger partial charge in [0.2, 0.25) is 17.8 Å². The summed E-state index contributed by atoms with van der Waals surface area (Å²) in [5, 5.41) is 6.07. The Morgan fingerprint density at radius 3 is 2.66 bits per heavy atom. The molecule has 166 valence electrons. The number of methoxy groups -OCH3 is 2. The highest BCUT2D eigenvalue weighted by Crippen LogP contribution is 2.37. The van der Waals surface area contributed by atoms with E-state index in [9.17, 15) is 4.79 Å². The van der Waals surface area contributed by atoms with Crippen molar-refractivity contribution in [2.75, 3.05) is 36.3 Å². The number of anilines is 4. The number of rotatable bonds is 6. The van der Waals surface area contributed by atoms with Crippen molar-refractivity contribution in [3.8, 4) is 11.5 Å². The lowest BCUT2D eigenvalue weighted by molar-refractivity contribution is -0.114. The average Bonchev–Trinajstić information content (AvgIpc) is 2.80. The van der Waals surface area contributed by atoms with Gasteiger partial charge in [0.25, 0.3) is 0 Å². The van der Waals surface area contributed by atoms with Crippen LogP contribution in [0.15, 0.2) is 36.7 Å². The SMILES string of the molecule is COc1ccc2c(c1OC)CCN(c1ncnc(Nc3cccc(NC(C)=O)c3C)n1)C2. The fraction of sp³-hybridized carbons (Fsp3) is 0.304. The highest BCUT2D eigenvalue weighted by Gasteiger charge is 2.24. The van der Waals surface area contributed by atoms with Crippen molar-refractivity contribution in [3.05, 3.63) is 53.3 Å². The molecule has 0 unspecified atom stereocenters. The number of aromatic nitrogens is 3. The molecular formula is C23H26N6O3. The molecular weight excluding hydrogens is 408 g/mol. The quantitative estimate of drug-likeness (QED) is 0.608. The van der Waals surface area contributed by atoms with Crippen LogP contribution in [0.25, 0.3) is 0 Å². The van der Waals surface area contributed by atoms with Crippen LogP contribution in [0, 0.1) is 6.92 Å². The summed E-state index contributed by atoms with van der Waals surface area (Å²) in [7, 11) is 3.31. The number of nitrogens with one attached hydrogen (secondary N) is 2. The van der Waals surface area contributed by atoms with Crippen LogP contribution < -0.4 is 25.0 Å². The summed E-state index contributed by atoms with van der Waals surface area (Å²) in [6.07, 6.45) is 2.30. The van der Waals surface area contributed by atoms with E-state index >= 15 is 0 Å². The summed E-state index contributed by atoms with van der Waals surface area (Å²) in [5.74, 6) is 2.45. The molecule has 2 heterocycles. The van der Waals surface area contributed by atoms with Crippen molar-refractivity contribution in [3.63, 3.8) is 0 Å². The van der Waals surface area contributed by atoms with Gasteiger partial charge in [0.1, 0.15) is 6.33 Å². The molecule has 9 heteroatoms. The van der Waals surface area contributed by atoms with E-state index in [0.29, 0.717) is 18.4 Å². The maximum atomic E-state index is 11.4. The van der Waals surface area contributed by atoms with Crippen molar-refractivity contribution in [1.82, 2.24) is 15.0 Å². The van der Waals surface area contributed by atoms with E-state index < -0.39 is 0 Å². The number of amides is 1. The van der Waals surface area contributed by atoms with Gasteiger partial charge >= 0.3 is 0 Å². The van der Waals surface area contributed by atoms with Crippen molar-refractivity contribution < 1.29 is 14.3 Å². The summed E-state index contributed by atoms with van der Waals surface area (Å²) in [6.45, 7) is 4.83. The molecule has 1 aliphatic heterocycles. The number of ether oxygens (including phenoxy) is 2. The van der Waals surface area contributed by atoms with Crippen LogP contribution in [0.5, 0.6) is 11.5 Å². The van der Waals surface area contributed by atoms with Gasteiger partial charge < -0.3 is 25.0 Å². The highest BCUT2D eigenvalue weighted by molar-refractivity contribution is 5.90. The summed E-state index contributed by atoms with van der Waals surface area (Å²) in [6, 6.07) is 9.62. The number of carbonyl (C=O) groups excluding carboxylic acids is 1. The number of hydrogen-bond donors (Lipinski definition) is 2. The molecule has 2 aromatic carbocycles. The second-order valence-corrected chi connectivity index (χ2v) is 7.50. The smallest absolute Gasteiger partial charge is 0.232 e. The van der Waals surface area contributed by atoms with Crippen LogP contribution in [-0.2, 0) is 17.8 Å². The zero-order valence-electron chi connectivity index (χ0n) is 18.6. The third-order valence-electron chi connectivity index (χ3n) is 5.47. The van der Waals surface area contributed by atoms with Crippen molar-refractivity contribution in [2.24, 2.45) is 0 Å². The van der Waals surface area contributed by atoms with E-state index in [4.69, 9.17) is 9.47 Å². The third kappa shape index (κ3) is 4.27. The largest absolute Gasteiger partial charge is 0.493 e. The van der Waals surface area contributed by atoms with Gasteiger partial charge in [-0.05, 0) is 42.7 Å². The summed E-state index contributed by atoms with van der Waals surface area (Å²) in [5.41, 5.74) is 4.77. The summed E-state index contributed by atoms with van der Waals surface area (Å²) < 4.78 is 11.0. The second kappa shape index (κ2) is 9.09. The Labute approximate surface area is 186 Å². The van der Waals surface area contributed by atoms with Crippen LogP contribution in [-0.4, -0.2) is 41.6 Å². The first kappa shape index (κ1) is 21.4. The third-order valence-corrected chi connectivity index (χ3v) is 5.47. The first-order chi connectivity index (χ1) is 15.5. The molecule has 0 atom stereocenters. The standard InChI is InChI=1S/C23H26N6O3/c1-14-18(26-15(2)30)6-5-7-19(14)27-22-24-13-25-23(28-22)29-11-10-17-16(12-29)8-9-20(31-3)21(17)32-4/h5-9,13H,10-12H2,1-4H3,(H,26,30)(H,24,25,27,28). The molecule has 1 aromatic heterocycles. The Hall–Kier alpha value is -3.88. The molecule has 0 saturated carbocycles. The average molecular weight is 435 g/mol. The fourth-order valence-electron chi connectivity index (χ4n) is 3.87. The normalized spacial score (nSPS) is 12.7. The molecule has 2 N–H and O–H groups in total. The van der Waals surface area contributed by atoms with Gasteiger partial charge in [0, 0.05) is 37.0 Å². The molecule has 0 saturated heterocycles. The molecule has 32 heavy (non-hydrogen) atoms. The van der Waals surface area contributed by atoms with Gasteiger partial charge in [0.05, 0.1) is 14.2 Å². The molecule has 0 fully saturated rings. The van der Waals surface area contributed by atoms with Crippen LogP contribution >= 0.6 is 0 Å². The second-order valence-electron chi connectivity index (χ2n) is 7.50. The Morgan fingerprint density at radius 1 is 1.09 bits per heavy atom. The Morgan fingerprint density at radius 2 is 1.91 bits per heavy atom. The Bertz CT molecular complexity index is 1150. The van der Waals surface area contributed by atoms with E-state index in [-0.39, 0.29) is 5.91 Å². The lowest BCUT2D eigenvalue weighted by atomic mass is 9.98. The molecule has 0 spiro atoms.